The second-order valence-electron chi connectivity index (χ2n) is 7.60. The Morgan fingerprint density at radius 1 is 1.14 bits per heavy atom. The predicted molar refractivity (Wildman–Crippen MR) is 106 cm³/mol. The smallest absolute Gasteiger partial charge is 0.317 e. The van der Waals surface area contributed by atoms with Crippen molar-refractivity contribution in [3.05, 3.63) is 54.1 Å². The van der Waals surface area contributed by atoms with Gasteiger partial charge in [-0.25, -0.2) is 4.79 Å². The fourth-order valence-electron chi connectivity index (χ4n) is 3.71. The van der Waals surface area contributed by atoms with Gasteiger partial charge >= 0.3 is 6.03 Å². The summed E-state index contributed by atoms with van der Waals surface area (Å²) in [6.45, 7) is 1.89. The number of hydrogen-bond donors (Lipinski definition) is 2. The summed E-state index contributed by atoms with van der Waals surface area (Å²) >= 11 is 0. The molecule has 148 valence electrons. The van der Waals surface area contributed by atoms with Crippen LogP contribution in [-0.4, -0.2) is 48.4 Å². The lowest BCUT2D eigenvalue weighted by atomic mass is 10.1. The van der Waals surface area contributed by atoms with E-state index in [1.54, 1.807) is 7.11 Å². The fraction of sp³-hybridized carbons (Fsp3) is 0.409. The second kappa shape index (κ2) is 7.72. The summed E-state index contributed by atoms with van der Waals surface area (Å²) in [5.41, 5.74) is 0.657. The first-order valence-electron chi connectivity index (χ1n) is 9.72. The molecule has 4 rings (SSSR count). The van der Waals surface area contributed by atoms with Crippen molar-refractivity contribution < 1.29 is 19.4 Å². The van der Waals surface area contributed by atoms with Crippen LogP contribution >= 0.6 is 0 Å². The van der Waals surface area contributed by atoms with Crippen molar-refractivity contribution in [1.82, 2.24) is 10.2 Å². The van der Waals surface area contributed by atoms with Crippen molar-refractivity contribution in [1.29, 1.82) is 0 Å². The number of aliphatic hydroxyl groups is 1. The van der Waals surface area contributed by atoms with E-state index in [4.69, 9.17) is 9.47 Å². The number of fused-ring (bicyclic) bond motifs is 1. The molecule has 28 heavy (non-hydrogen) atoms. The van der Waals surface area contributed by atoms with Crippen LogP contribution in [0.15, 0.2) is 48.5 Å². The van der Waals surface area contributed by atoms with Crippen LogP contribution in [0.4, 0.5) is 4.79 Å². The number of urea groups is 1. The molecule has 2 aromatic carbocycles. The lowest BCUT2D eigenvalue weighted by molar-refractivity contribution is 0.0749. The number of piperidine rings is 1. The van der Waals surface area contributed by atoms with Crippen LogP contribution in [0.1, 0.15) is 18.4 Å². The molecule has 2 amide bonds. The number of nitrogens with zero attached hydrogens (tertiary/aromatic N) is 1. The number of hydrogen-bond acceptors (Lipinski definition) is 4. The van der Waals surface area contributed by atoms with E-state index in [-0.39, 0.29) is 11.9 Å². The summed E-state index contributed by atoms with van der Waals surface area (Å²) in [4.78, 5) is 14.1. The summed E-state index contributed by atoms with van der Waals surface area (Å²) in [6, 6.07) is 15.3. The number of likely N-dealkylation sites (tertiary alicyclic amines) is 1. The molecule has 0 radical (unpaired) electrons. The Bertz CT molecular complexity index is 821. The van der Waals surface area contributed by atoms with Crippen LogP contribution in [0.25, 0.3) is 0 Å². The summed E-state index contributed by atoms with van der Waals surface area (Å²) < 4.78 is 11.0. The highest BCUT2D eigenvalue weighted by atomic mass is 16.5. The predicted octanol–water partition coefficient (Wildman–Crippen LogP) is 3.20. The molecule has 1 aliphatic carbocycles. The Kier molecular flexibility index (Phi) is 5.13. The van der Waals surface area contributed by atoms with Gasteiger partial charge in [0.05, 0.1) is 12.7 Å². The number of ether oxygens (including phenoxy) is 2. The van der Waals surface area contributed by atoms with Crippen LogP contribution in [0.5, 0.6) is 17.2 Å². The lowest BCUT2D eigenvalue weighted by Gasteiger charge is -2.29. The van der Waals surface area contributed by atoms with Gasteiger partial charge in [-0.05, 0) is 61.2 Å². The number of carbonyl (C=O) groups is 1. The molecule has 6 heteroatoms. The molecule has 1 aliphatic heterocycles. The quantitative estimate of drug-likeness (QED) is 0.805. The Morgan fingerprint density at radius 3 is 2.43 bits per heavy atom. The van der Waals surface area contributed by atoms with Crippen molar-refractivity contribution in [3.8, 4) is 17.2 Å². The summed E-state index contributed by atoms with van der Waals surface area (Å²) in [5, 5.41) is 13.0. The lowest BCUT2D eigenvalue weighted by Crippen LogP contribution is -2.46. The van der Waals surface area contributed by atoms with Gasteiger partial charge in [0.2, 0.25) is 0 Å². The van der Waals surface area contributed by atoms with E-state index in [1.807, 2.05) is 53.4 Å². The van der Waals surface area contributed by atoms with Crippen molar-refractivity contribution in [2.24, 2.45) is 5.92 Å². The van der Waals surface area contributed by atoms with Gasteiger partial charge in [0, 0.05) is 25.6 Å². The Labute approximate surface area is 165 Å². The minimum atomic E-state index is -0.480. The highest BCUT2D eigenvalue weighted by Gasteiger charge is 2.56. The van der Waals surface area contributed by atoms with Crippen molar-refractivity contribution in [3.63, 3.8) is 0 Å². The zero-order valence-corrected chi connectivity index (χ0v) is 16.1. The summed E-state index contributed by atoms with van der Waals surface area (Å²) in [6.07, 6.45) is 2.29. The molecule has 2 fully saturated rings. The van der Waals surface area contributed by atoms with Gasteiger partial charge in [-0.2, -0.15) is 0 Å². The number of rotatable bonds is 6. The SMILES string of the molecule is COc1ccc(Oc2ccc(CCNC(=O)N3CC[C@@]4(O)C[C@H]4C3)cc2)cc1. The standard InChI is InChI=1S/C22H26N2O4/c1-27-18-6-8-20(9-7-18)28-19-4-2-16(3-5-19)10-12-23-21(25)24-13-11-22(26)14-17(22)15-24/h2-9,17,26H,10-15H2,1H3,(H,23,25)/t17-,22+/m0/s1. The van der Waals surface area contributed by atoms with E-state index in [0.717, 1.165) is 35.7 Å². The molecule has 1 saturated carbocycles. The molecular weight excluding hydrogens is 356 g/mol. The van der Waals surface area contributed by atoms with Crippen LogP contribution in [-0.2, 0) is 6.42 Å². The molecule has 2 aliphatic rings. The molecule has 2 aromatic rings. The third kappa shape index (κ3) is 4.22. The molecule has 0 spiro atoms. The maximum Gasteiger partial charge on any atom is 0.317 e. The van der Waals surface area contributed by atoms with Gasteiger partial charge in [-0.3, -0.25) is 0 Å². The van der Waals surface area contributed by atoms with Gasteiger partial charge in [0.1, 0.15) is 17.2 Å². The molecular formula is C22H26N2O4. The van der Waals surface area contributed by atoms with Crippen LogP contribution in [0.2, 0.25) is 0 Å². The Hall–Kier alpha value is -2.73. The minimum absolute atomic E-state index is 0.0339. The number of amides is 2. The average molecular weight is 382 g/mol. The van der Waals surface area contributed by atoms with Gasteiger partial charge in [-0.1, -0.05) is 12.1 Å². The van der Waals surface area contributed by atoms with E-state index in [9.17, 15) is 9.90 Å². The third-order valence-electron chi connectivity index (χ3n) is 5.65. The maximum atomic E-state index is 12.3. The largest absolute Gasteiger partial charge is 0.497 e. The molecule has 1 saturated heterocycles. The number of methoxy groups -OCH3 is 1. The zero-order chi connectivity index (χ0) is 19.6. The maximum absolute atomic E-state index is 12.3. The first kappa shape index (κ1) is 18.6. The second-order valence-corrected chi connectivity index (χ2v) is 7.60. The fourth-order valence-corrected chi connectivity index (χ4v) is 3.71. The summed E-state index contributed by atoms with van der Waals surface area (Å²) in [5.74, 6) is 2.58. The number of benzene rings is 2. The van der Waals surface area contributed by atoms with E-state index in [2.05, 4.69) is 5.32 Å². The van der Waals surface area contributed by atoms with E-state index < -0.39 is 5.60 Å². The first-order chi connectivity index (χ1) is 13.6. The van der Waals surface area contributed by atoms with Gasteiger partial charge in [0.15, 0.2) is 0 Å². The molecule has 2 N–H and O–H groups in total. The number of nitrogens with one attached hydrogen (secondary N) is 1. The summed E-state index contributed by atoms with van der Waals surface area (Å²) in [7, 11) is 1.64. The van der Waals surface area contributed by atoms with Crippen molar-refractivity contribution in [2.75, 3.05) is 26.7 Å². The highest BCUT2D eigenvalue weighted by Crippen LogP contribution is 2.49. The third-order valence-corrected chi connectivity index (χ3v) is 5.65. The van der Waals surface area contributed by atoms with Crippen LogP contribution in [0.3, 0.4) is 0 Å². The van der Waals surface area contributed by atoms with E-state index in [0.29, 0.717) is 26.1 Å². The van der Waals surface area contributed by atoms with Gasteiger partial charge in [-0.15, -0.1) is 0 Å². The molecule has 2 atom stereocenters. The normalized spacial score (nSPS) is 22.9. The zero-order valence-electron chi connectivity index (χ0n) is 16.1. The van der Waals surface area contributed by atoms with Crippen molar-refractivity contribution in [2.45, 2.75) is 24.9 Å². The molecule has 0 unspecified atom stereocenters. The van der Waals surface area contributed by atoms with E-state index >= 15 is 0 Å². The number of carbonyl (C=O) groups excluding carboxylic acids is 1. The van der Waals surface area contributed by atoms with E-state index in [1.165, 1.54) is 0 Å². The molecule has 0 bridgehead atoms. The molecule has 1 heterocycles. The van der Waals surface area contributed by atoms with Gasteiger partial charge in [0.25, 0.3) is 0 Å². The Morgan fingerprint density at radius 2 is 1.79 bits per heavy atom. The minimum Gasteiger partial charge on any atom is -0.497 e. The molecule has 6 nitrogen and oxygen atoms in total. The van der Waals surface area contributed by atoms with Crippen LogP contribution < -0.4 is 14.8 Å². The monoisotopic (exact) mass is 382 g/mol. The first-order valence-corrected chi connectivity index (χ1v) is 9.72. The Balaban J connectivity index is 1.21. The topological polar surface area (TPSA) is 71.0 Å². The average Bonchev–Trinajstić information content (AvgIpc) is 3.40. The van der Waals surface area contributed by atoms with Crippen molar-refractivity contribution >= 4 is 6.03 Å². The van der Waals surface area contributed by atoms with Gasteiger partial charge < -0.3 is 24.8 Å². The van der Waals surface area contributed by atoms with Crippen LogP contribution in [0, 0.1) is 5.92 Å². The highest BCUT2D eigenvalue weighted by molar-refractivity contribution is 5.74. The molecule has 0 aromatic heterocycles.